The fourth-order valence-electron chi connectivity index (χ4n) is 2.96. The Morgan fingerprint density at radius 2 is 0.643 bits per heavy atom. The smallest absolute Gasteiger partial charge is 0.0972 e. The summed E-state index contributed by atoms with van der Waals surface area (Å²) < 4.78 is 0. The second-order valence-corrected chi connectivity index (χ2v) is 6.32. The standard InChI is InChI=1S/C26H20N2/c1-5-13-21(14-6-1)25(27-23-17-9-3-10-18-23)26(22-15-7-2-8-16-22)28-24-19-11-4-12-20-24/h1-20H/b27-25+,28-26+. The summed E-state index contributed by atoms with van der Waals surface area (Å²) in [4.78, 5) is 9.98. The zero-order chi connectivity index (χ0) is 19.0. The van der Waals surface area contributed by atoms with Crippen molar-refractivity contribution in [2.45, 2.75) is 0 Å². The quantitative estimate of drug-likeness (QED) is 0.357. The van der Waals surface area contributed by atoms with Crippen molar-refractivity contribution in [3.05, 3.63) is 132 Å². The van der Waals surface area contributed by atoms with Gasteiger partial charge in [-0.3, -0.25) is 0 Å². The van der Waals surface area contributed by atoms with Crippen LogP contribution in [0.1, 0.15) is 11.1 Å². The summed E-state index contributed by atoms with van der Waals surface area (Å²) >= 11 is 0. The van der Waals surface area contributed by atoms with Crippen LogP contribution in [0.2, 0.25) is 0 Å². The van der Waals surface area contributed by atoms with Gasteiger partial charge in [0.2, 0.25) is 0 Å². The van der Waals surface area contributed by atoms with Crippen molar-refractivity contribution in [3.63, 3.8) is 0 Å². The first kappa shape index (κ1) is 17.6. The van der Waals surface area contributed by atoms with E-state index < -0.39 is 0 Å². The van der Waals surface area contributed by atoms with E-state index in [9.17, 15) is 0 Å². The van der Waals surface area contributed by atoms with E-state index in [2.05, 4.69) is 24.3 Å². The molecule has 0 fully saturated rings. The summed E-state index contributed by atoms with van der Waals surface area (Å²) in [6, 6.07) is 40.5. The van der Waals surface area contributed by atoms with Gasteiger partial charge >= 0.3 is 0 Å². The molecule has 0 N–H and O–H groups in total. The van der Waals surface area contributed by atoms with Gasteiger partial charge in [-0.25, -0.2) is 9.98 Å². The largest absolute Gasteiger partial charge is 0.246 e. The summed E-state index contributed by atoms with van der Waals surface area (Å²) in [5, 5.41) is 0. The molecule has 0 aliphatic rings. The maximum Gasteiger partial charge on any atom is 0.0972 e. The minimum absolute atomic E-state index is 0.849. The molecule has 4 aromatic rings. The zero-order valence-corrected chi connectivity index (χ0v) is 15.4. The first-order valence-electron chi connectivity index (χ1n) is 9.29. The molecular weight excluding hydrogens is 340 g/mol. The van der Waals surface area contributed by atoms with Crippen molar-refractivity contribution in [1.29, 1.82) is 0 Å². The van der Waals surface area contributed by atoms with Crippen molar-refractivity contribution < 1.29 is 0 Å². The molecule has 134 valence electrons. The van der Waals surface area contributed by atoms with E-state index >= 15 is 0 Å². The van der Waals surface area contributed by atoms with Crippen LogP contribution in [0.4, 0.5) is 11.4 Å². The highest BCUT2D eigenvalue weighted by Gasteiger charge is 2.15. The van der Waals surface area contributed by atoms with E-state index in [4.69, 9.17) is 9.98 Å². The van der Waals surface area contributed by atoms with Gasteiger partial charge < -0.3 is 0 Å². The topological polar surface area (TPSA) is 24.7 Å². The molecular formula is C26H20N2. The van der Waals surface area contributed by atoms with Gasteiger partial charge in [-0.15, -0.1) is 0 Å². The first-order valence-corrected chi connectivity index (χ1v) is 9.29. The van der Waals surface area contributed by atoms with E-state index in [-0.39, 0.29) is 0 Å². The molecule has 0 spiro atoms. The molecule has 0 aliphatic carbocycles. The highest BCUT2D eigenvalue weighted by molar-refractivity contribution is 6.54. The Morgan fingerprint density at radius 1 is 0.357 bits per heavy atom. The van der Waals surface area contributed by atoms with E-state index in [1.807, 2.05) is 97.1 Å². The third-order valence-electron chi connectivity index (χ3n) is 4.31. The van der Waals surface area contributed by atoms with Gasteiger partial charge in [0.25, 0.3) is 0 Å². The van der Waals surface area contributed by atoms with Crippen LogP contribution in [0.5, 0.6) is 0 Å². The van der Waals surface area contributed by atoms with Gasteiger partial charge in [0.15, 0.2) is 0 Å². The lowest BCUT2D eigenvalue weighted by atomic mass is 9.99. The SMILES string of the molecule is c1ccc(/N=C(/C(=N/c2ccccc2)c2ccccc2)c2ccccc2)cc1. The van der Waals surface area contributed by atoms with Gasteiger partial charge in [-0.1, -0.05) is 97.1 Å². The predicted molar refractivity (Wildman–Crippen MR) is 118 cm³/mol. The molecule has 0 unspecified atom stereocenters. The Bertz CT molecular complexity index is 977. The molecule has 2 nitrogen and oxygen atoms in total. The molecule has 0 aromatic heterocycles. The Kier molecular flexibility index (Phi) is 5.50. The number of para-hydroxylation sites is 2. The number of hydrogen-bond donors (Lipinski definition) is 0. The molecule has 0 saturated heterocycles. The highest BCUT2D eigenvalue weighted by Crippen LogP contribution is 2.20. The molecule has 0 bridgehead atoms. The van der Waals surface area contributed by atoms with Crippen LogP contribution in [0.3, 0.4) is 0 Å². The van der Waals surface area contributed by atoms with E-state index in [0.717, 1.165) is 33.9 Å². The van der Waals surface area contributed by atoms with Gasteiger partial charge in [-0.2, -0.15) is 0 Å². The summed E-state index contributed by atoms with van der Waals surface area (Å²) in [6.07, 6.45) is 0. The van der Waals surface area contributed by atoms with Crippen LogP contribution >= 0.6 is 0 Å². The molecule has 4 aromatic carbocycles. The maximum absolute atomic E-state index is 4.99. The first-order chi connectivity index (χ1) is 13.9. The fraction of sp³-hybridized carbons (Fsp3) is 0. The molecule has 0 amide bonds. The number of benzene rings is 4. The maximum atomic E-state index is 4.99. The third-order valence-corrected chi connectivity index (χ3v) is 4.31. The summed E-state index contributed by atoms with van der Waals surface area (Å²) in [6.45, 7) is 0. The lowest BCUT2D eigenvalue weighted by Gasteiger charge is -2.12. The van der Waals surface area contributed by atoms with Gasteiger partial charge in [0, 0.05) is 11.1 Å². The number of aliphatic imine (C=N–C) groups is 2. The zero-order valence-electron chi connectivity index (χ0n) is 15.4. The molecule has 0 radical (unpaired) electrons. The monoisotopic (exact) mass is 360 g/mol. The number of nitrogens with zero attached hydrogens (tertiary/aromatic N) is 2. The van der Waals surface area contributed by atoms with Crippen molar-refractivity contribution in [3.8, 4) is 0 Å². The normalized spacial score (nSPS) is 12.0. The van der Waals surface area contributed by atoms with E-state index in [0.29, 0.717) is 0 Å². The van der Waals surface area contributed by atoms with Crippen LogP contribution in [0, 0.1) is 0 Å². The molecule has 2 heteroatoms. The average molecular weight is 360 g/mol. The fourth-order valence-corrected chi connectivity index (χ4v) is 2.96. The predicted octanol–water partition coefficient (Wildman–Crippen LogP) is 6.63. The Morgan fingerprint density at radius 3 is 0.964 bits per heavy atom. The van der Waals surface area contributed by atoms with E-state index in [1.54, 1.807) is 0 Å². The summed E-state index contributed by atoms with van der Waals surface area (Å²) in [7, 11) is 0. The minimum Gasteiger partial charge on any atom is -0.246 e. The van der Waals surface area contributed by atoms with Crippen molar-refractivity contribution in [2.75, 3.05) is 0 Å². The van der Waals surface area contributed by atoms with Crippen LogP contribution in [0.25, 0.3) is 0 Å². The molecule has 0 atom stereocenters. The van der Waals surface area contributed by atoms with Crippen LogP contribution in [-0.2, 0) is 0 Å². The van der Waals surface area contributed by atoms with Crippen molar-refractivity contribution >= 4 is 22.8 Å². The van der Waals surface area contributed by atoms with Crippen molar-refractivity contribution in [1.82, 2.24) is 0 Å². The Labute approximate surface area is 165 Å². The number of rotatable bonds is 5. The van der Waals surface area contributed by atoms with Gasteiger partial charge in [0.05, 0.1) is 22.8 Å². The Hall–Kier alpha value is -3.78. The third kappa shape index (κ3) is 4.30. The molecule has 28 heavy (non-hydrogen) atoms. The second-order valence-electron chi connectivity index (χ2n) is 6.32. The second kappa shape index (κ2) is 8.74. The molecule has 0 saturated carbocycles. The van der Waals surface area contributed by atoms with Crippen LogP contribution in [-0.4, -0.2) is 11.4 Å². The molecule has 4 rings (SSSR count). The van der Waals surface area contributed by atoms with Crippen LogP contribution in [0.15, 0.2) is 131 Å². The highest BCUT2D eigenvalue weighted by atomic mass is 14.8. The summed E-state index contributed by atoms with van der Waals surface area (Å²) in [5.74, 6) is 0. The van der Waals surface area contributed by atoms with Crippen LogP contribution < -0.4 is 0 Å². The average Bonchev–Trinajstić information content (AvgIpc) is 2.79. The van der Waals surface area contributed by atoms with Gasteiger partial charge in [-0.05, 0) is 24.3 Å². The Balaban J connectivity index is 1.94. The molecule has 0 aliphatic heterocycles. The van der Waals surface area contributed by atoms with Gasteiger partial charge in [0.1, 0.15) is 0 Å². The lowest BCUT2D eigenvalue weighted by Crippen LogP contribution is -2.17. The lowest BCUT2D eigenvalue weighted by molar-refractivity contribution is 1.47. The van der Waals surface area contributed by atoms with Crippen molar-refractivity contribution in [2.24, 2.45) is 9.98 Å². The summed E-state index contributed by atoms with van der Waals surface area (Å²) in [5.41, 5.74) is 5.56. The van der Waals surface area contributed by atoms with E-state index in [1.165, 1.54) is 0 Å². The minimum atomic E-state index is 0.849. The number of hydrogen-bond acceptors (Lipinski definition) is 2. The molecule has 0 heterocycles.